The Labute approximate surface area is 197 Å². The van der Waals surface area contributed by atoms with Crippen molar-refractivity contribution in [1.82, 2.24) is 19.9 Å². The molecule has 2 N–H and O–H groups in total. The standard InChI is InChI=1S/C24H28N6O4/c31-16-22(32)30-9-12-34-19(15-30)14-27-24-23-21(25-5-6-26-23)13-20(28-24)17-1-3-18(4-2-17)29-7-10-33-11-8-29/h1-6,13,19,31H,7-12,14-16H2,(H,27,28)/t19-/m1/s1. The van der Waals surface area contributed by atoms with E-state index in [0.717, 1.165) is 43.1 Å². The number of hydrogen-bond donors (Lipinski definition) is 2. The van der Waals surface area contributed by atoms with Gasteiger partial charge in [0, 0.05) is 56.4 Å². The van der Waals surface area contributed by atoms with Gasteiger partial charge in [-0.2, -0.15) is 0 Å². The number of carbonyl (C=O) groups excluding carboxylic acids is 1. The molecule has 2 saturated heterocycles. The molecular formula is C24H28N6O4. The van der Waals surface area contributed by atoms with E-state index in [2.05, 4.69) is 44.5 Å². The predicted octanol–water partition coefficient (Wildman–Crippen LogP) is 1.16. The van der Waals surface area contributed by atoms with E-state index in [9.17, 15) is 4.79 Å². The van der Waals surface area contributed by atoms with Crippen molar-refractivity contribution in [3.63, 3.8) is 0 Å². The van der Waals surface area contributed by atoms with E-state index in [1.165, 1.54) is 5.69 Å². The second-order valence-corrected chi connectivity index (χ2v) is 8.30. The third kappa shape index (κ3) is 4.93. The van der Waals surface area contributed by atoms with Gasteiger partial charge in [0.05, 0.1) is 37.1 Å². The molecule has 3 aromatic rings. The number of nitrogens with zero attached hydrogens (tertiary/aromatic N) is 5. The molecule has 1 amide bonds. The highest BCUT2D eigenvalue weighted by molar-refractivity contribution is 5.88. The fourth-order valence-electron chi connectivity index (χ4n) is 4.29. The molecule has 0 unspecified atom stereocenters. The molecule has 34 heavy (non-hydrogen) atoms. The topological polar surface area (TPSA) is 113 Å². The number of carbonyl (C=O) groups is 1. The van der Waals surface area contributed by atoms with Crippen LogP contribution in [0.4, 0.5) is 11.5 Å². The molecule has 1 aromatic carbocycles. The second kappa shape index (κ2) is 10.3. The molecule has 2 fully saturated rings. The van der Waals surface area contributed by atoms with Gasteiger partial charge in [-0.1, -0.05) is 12.1 Å². The highest BCUT2D eigenvalue weighted by atomic mass is 16.5. The first kappa shape index (κ1) is 22.5. The lowest BCUT2D eigenvalue weighted by Crippen LogP contribution is -2.48. The summed E-state index contributed by atoms with van der Waals surface area (Å²) in [6.45, 7) is 4.57. The number of amides is 1. The monoisotopic (exact) mass is 464 g/mol. The summed E-state index contributed by atoms with van der Waals surface area (Å²) >= 11 is 0. The van der Waals surface area contributed by atoms with Crippen LogP contribution in [0.25, 0.3) is 22.3 Å². The van der Waals surface area contributed by atoms with E-state index in [1.807, 2.05) is 6.07 Å². The minimum absolute atomic E-state index is 0.214. The smallest absolute Gasteiger partial charge is 0.248 e. The molecule has 0 bridgehead atoms. The normalized spacial score (nSPS) is 18.8. The lowest BCUT2D eigenvalue weighted by molar-refractivity contribution is -0.141. The van der Waals surface area contributed by atoms with Crippen molar-refractivity contribution in [1.29, 1.82) is 0 Å². The van der Waals surface area contributed by atoms with Crippen molar-refractivity contribution in [3.8, 4) is 11.3 Å². The van der Waals surface area contributed by atoms with Crippen molar-refractivity contribution in [2.45, 2.75) is 6.10 Å². The summed E-state index contributed by atoms with van der Waals surface area (Å²) in [6, 6.07) is 10.3. The van der Waals surface area contributed by atoms with Gasteiger partial charge < -0.3 is 29.7 Å². The number of rotatable bonds is 6. The van der Waals surface area contributed by atoms with Crippen molar-refractivity contribution in [2.24, 2.45) is 0 Å². The zero-order valence-corrected chi connectivity index (χ0v) is 18.9. The molecule has 2 aliphatic rings. The number of nitrogens with one attached hydrogen (secondary N) is 1. The van der Waals surface area contributed by atoms with Gasteiger partial charge in [-0.15, -0.1) is 0 Å². The molecule has 2 aromatic heterocycles. The van der Waals surface area contributed by atoms with Crippen LogP contribution in [0.5, 0.6) is 0 Å². The Hall–Kier alpha value is -3.34. The van der Waals surface area contributed by atoms with Crippen LogP contribution in [0, 0.1) is 0 Å². The number of pyridine rings is 1. The molecule has 178 valence electrons. The summed E-state index contributed by atoms with van der Waals surface area (Å²) in [5.41, 5.74) is 4.37. The number of morpholine rings is 2. The third-order valence-electron chi connectivity index (χ3n) is 6.12. The molecule has 1 atom stereocenters. The van der Waals surface area contributed by atoms with Crippen molar-refractivity contribution in [3.05, 3.63) is 42.7 Å². The molecule has 10 nitrogen and oxygen atoms in total. The van der Waals surface area contributed by atoms with Gasteiger partial charge in [-0.05, 0) is 18.2 Å². The first-order chi connectivity index (χ1) is 16.7. The Kier molecular flexibility index (Phi) is 6.79. The van der Waals surface area contributed by atoms with Crippen LogP contribution in [0.3, 0.4) is 0 Å². The van der Waals surface area contributed by atoms with Crippen molar-refractivity contribution < 1.29 is 19.4 Å². The summed E-state index contributed by atoms with van der Waals surface area (Å²) in [7, 11) is 0. The van der Waals surface area contributed by atoms with E-state index in [4.69, 9.17) is 19.6 Å². The lowest BCUT2D eigenvalue weighted by atomic mass is 10.1. The largest absolute Gasteiger partial charge is 0.387 e. The summed E-state index contributed by atoms with van der Waals surface area (Å²) in [5, 5.41) is 12.5. The third-order valence-corrected chi connectivity index (χ3v) is 6.12. The van der Waals surface area contributed by atoms with Crippen molar-refractivity contribution >= 4 is 28.4 Å². The zero-order valence-electron chi connectivity index (χ0n) is 18.9. The Morgan fingerprint density at radius 3 is 2.68 bits per heavy atom. The molecule has 0 radical (unpaired) electrons. The predicted molar refractivity (Wildman–Crippen MR) is 128 cm³/mol. The molecule has 0 aliphatic carbocycles. The lowest BCUT2D eigenvalue weighted by Gasteiger charge is -2.32. The maximum Gasteiger partial charge on any atom is 0.248 e. The van der Waals surface area contributed by atoms with Gasteiger partial charge in [0.15, 0.2) is 5.82 Å². The fraction of sp³-hybridized carbons (Fsp3) is 0.417. The SMILES string of the molecule is O=C(CO)N1CCO[C@H](CNc2nc(-c3ccc(N4CCOCC4)cc3)cc3nccnc23)C1. The molecule has 10 heteroatoms. The summed E-state index contributed by atoms with van der Waals surface area (Å²) < 4.78 is 11.3. The summed E-state index contributed by atoms with van der Waals surface area (Å²) in [6.07, 6.45) is 3.10. The van der Waals surface area contributed by atoms with E-state index in [1.54, 1.807) is 17.3 Å². The Bertz CT molecular complexity index is 1140. The maximum absolute atomic E-state index is 11.8. The van der Waals surface area contributed by atoms with E-state index in [-0.39, 0.29) is 12.0 Å². The van der Waals surface area contributed by atoms with Gasteiger partial charge in [-0.25, -0.2) is 9.97 Å². The van der Waals surface area contributed by atoms with E-state index in [0.29, 0.717) is 37.6 Å². The number of aromatic nitrogens is 3. The number of benzene rings is 1. The zero-order chi connectivity index (χ0) is 23.3. The second-order valence-electron chi connectivity index (χ2n) is 8.30. The Balaban J connectivity index is 1.36. The van der Waals surface area contributed by atoms with Crippen LogP contribution in [0.1, 0.15) is 0 Å². The number of fused-ring (bicyclic) bond motifs is 1. The summed E-state index contributed by atoms with van der Waals surface area (Å²) in [4.78, 5) is 29.6. The first-order valence-corrected chi connectivity index (χ1v) is 11.5. The number of anilines is 2. The maximum atomic E-state index is 11.8. The van der Waals surface area contributed by atoms with Gasteiger partial charge in [-0.3, -0.25) is 9.78 Å². The minimum atomic E-state index is -0.492. The van der Waals surface area contributed by atoms with Crippen LogP contribution >= 0.6 is 0 Å². The molecular weight excluding hydrogens is 436 g/mol. The number of aliphatic hydroxyl groups excluding tert-OH is 1. The molecule has 0 saturated carbocycles. The average Bonchev–Trinajstić information content (AvgIpc) is 2.92. The van der Waals surface area contributed by atoms with Gasteiger partial charge in [0.25, 0.3) is 0 Å². The van der Waals surface area contributed by atoms with Crippen LogP contribution < -0.4 is 10.2 Å². The molecule has 5 rings (SSSR count). The Morgan fingerprint density at radius 2 is 1.88 bits per heavy atom. The number of hydrogen-bond acceptors (Lipinski definition) is 9. The van der Waals surface area contributed by atoms with E-state index >= 15 is 0 Å². The summed E-state index contributed by atoms with van der Waals surface area (Å²) in [5.74, 6) is 0.331. The number of aliphatic hydroxyl groups is 1. The Morgan fingerprint density at radius 1 is 1.09 bits per heavy atom. The fourth-order valence-corrected chi connectivity index (χ4v) is 4.29. The minimum Gasteiger partial charge on any atom is -0.387 e. The van der Waals surface area contributed by atoms with Gasteiger partial charge >= 0.3 is 0 Å². The van der Waals surface area contributed by atoms with Crippen LogP contribution in [-0.2, 0) is 14.3 Å². The molecule has 0 spiro atoms. The molecule has 4 heterocycles. The van der Waals surface area contributed by atoms with Crippen molar-refractivity contribution in [2.75, 3.05) is 69.4 Å². The highest BCUT2D eigenvalue weighted by Crippen LogP contribution is 2.27. The van der Waals surface area contributed by atoms with E-state index < -0.39 is 6.61 Å². The van der Waals surface area contributed by atoms with Crippen LogP contribution in [0.15, 0.2) is 42.7 Å². The van der Waals surface area contributed by atoms with Gasteiger partial charge in [0.1, 0.15) is 12.1 Å². The average molecular weight is 465 g/mol. The first-order valence-electron chi connectivity index (χ1n) is 11.5. The van der Waals surface area contributed by atoms with Gasteiger partial charge in [0.2, 0.25) is 5.91 Å². The quantitative estimate of drug-likeness (QED) is 0.555. The highest BCUT2D eigenvalue weighted by Gasteiger charge is 2.24. The molecule has 2 aliphatic heterocycles. The van der Waals surface area contributed by atoms with Crippen LogP contribution in [-0.4, -0.2) is 96.1 Å². The van der Waals surface area contributed by atoms with Crippen LogP contribution in [0.2, 0.25) is 0 Å². The number of ether oxygens (including phenoxy) is 2.